The summed E-state index contributed by atoms with van der Waals surface area (Å²) in [4.78, 5) is 17.9. The summed E-state index contributed by atoms with van der Waals surface area (Å²) in [6.45, 7) is 3.61. The Kier molecular flexibility index (Phi) is 2.51. The summed E-state index contributed by atoms with van der Waals surface area (Å²) in [5.41, 5.74) is 6.07. The van der Waals surface area contributed by atoms with E-state index < -0.39 is 0 Å². The van der Waals surface area contributed by atoms with Gasteiger partial charge in [-0.25, -0.2) is 9.78 Å². The summed E-state index contributed by atoms with van der Waals surface area (Å²) in [6, 6.07) is -0.0725. The molecule has 2 amide bonds. The summed E-state index contributed by atoms with van der Waals surface area (Å²) in [6.07, 6.45) is 2.17. The molecule has 0 radical (unpaired) electrons. The number of H-pyrrole nitrogens is 1. The number of aromatic nitrogens is 3. The second-order valence-electron chi connectivity index (χ2n) is 5.35. The van der Waals surface area contributed by atoms with Gasteiger partial charge < -0.3 is 16.0 Å². The van der Waals surface area contributed by atoms with Crippen LogP contribution in [0.4, 0.5) is 4.79 Å². The van der Waals surface area contributed by atoms with Crippen molar-refractivity contribution in [3.05, 3.63) is 11.6 Å². The Morgan fingerprint density at radius 3 is 3.06 bits per heavy atom. The largest absolute Gasteiger partial charge is 0.331 e. The smallest absolute Gasteiger partial charge is 0.317 e. The van der Waals surface area contributed by atoms with Gasteiger partial charge in [-0.05, 0) is 25.7 Å². The van der Waals surface area contributed by atoms with Gasteiger partial charge in [-0.2, -0.15) is 5.10 Å². The first kappa shape index (κ1) is 11.5. The van der Waals surface area contributed by atoms with Gasteiger partial charge in [0.1, 0.15) is 5.82 Å². The van der Waals surface area contributed by atoms with E-state index in [2.05, 4.69) is 20.5 Å². The van der Waals surface area contributed by atoms with Gasteiger partial charge in [-0.1, -0.05) is 0 Å². The molecule has 1 aromatic heterocycles. The lowest BCUT2D eigenvalue weighted by Crippen LogP contribution is -2.55. The van der Waals surface area contributed by atoms with Crippen LogP contribution in [0.3, 0.4) is 0 Å². The first-order chi connectivity index (χ1) is 8.57. The van der Waals surface area contributed by atoms with Crippen LogP contribution in [0.15, 0.2) is 0 Å². The summed E-state index contributed by atoms with van der Waals surface area (Å²) in [7, 11) is 0. The average molecular weight is 250 g/mol. The van der Waals surface area contributed by atoms with Crippen molar-refractivity contribution in [2.75, 3.05) is 13.1 Å². The van der Waals surface area contributed by atoms with E-state index in [0.717, 1.165) is 25.2 Å². The quantitative estimate of drug-likeness (QED) is 0.673. The number of carbonyl (C=O) groups excluding carboxylic acids is 1. The third kappa shape index (κ3) is 1.84. The molecule has 98 valence electrons. The van der Waals surface area contributed by atoms with Crippen LogP contribution in [0.2, 0.25) is 0 Å². The number of rotatable bonds is 2. The van der Waals surface area contributed by atoms with Crippen LogP contribution in [0.5, 0.6) is 0 Å². The fraction of sp³-hybridized carbons (Fsp3) is 0.727. The van der Waals surface area contributed by atoms with E-state index in [4.69, 9.17) is 5.73 Å². The second-order valence-corrected chi connectivity index (χ2v) is 5.35. The molecule has 7 nitrogen and oxygen atoms in total. The van der Waals surface area contributed by atoms with Gasteiger partial charge in [0.05, 0.1) is 6.54 Å². The normalized spacial score (nSPS) is 29.9. The van der Waals surface area contributed by atoms with Gasteiger partial charge in [0.2, 0.25) is 0 Å². The zero-order valence-electron chi connectivity index (χ0n) is 10.4. The highest BCUT2D eigenvalue weighted by Gasteiger charge is 2.51. The van der Waals surface area contributed by atoms with Crippen molar-refractivity contribution in [1.82, 2.24) is 25.4 Å². The van der Waals surface area contributed by atoms with Crippen molar-refractivity contribution in [3.63, 3.8) is 0 Å². The Morgan fingerprint density at radius 2 is 2.56 bits per heavy atom. The molecule has 1 aliphatic carbocycles. The van der Waals surface area contributed by atoms with E-state index in [1.165, 1.54) is 0 Å². The molecule has 0 unspecified atom stereocenters. The molecule has 1 saturated heterocycles. The molecule has 2 fully saturated rings. The van der Waals surface area contributed by atoms with E-state index in [-0.39, 0.29) is 11.6 Å². The Hall–Kier alpha value is -1.63. The van der Waals surface area contributed by atoms with Crippen LogP contribution in [-0.4, -0.2) is 44.7 Å². The van der Waals surface area contributed by atoms with Gasteiger partial charge >= 0.3 is 6.03 Å². The molecule has 3 rings (SSSR count). The minimum Gasteiger partial charge on any atom is -0.331 e. The Labute approximate surface area is 105 Å². The SMILES string of the molecule is Cc1nc(CNC(=O)N2C[C@@H]3CC[C@]3(N)C2)n[nH]1. The topological polar surface area (TPSA) is 99.9 Å². The number of nitrogens with two attached hydrogens (primary N) is 1. The van der Waals surface area contributed by atoms with Crippen molar-refractivity contribution < 1.29 is 4.79 Å². The van der Waals surface area contributed by atoms with Crippen LogP contribution >= 0.6 is 0 Å². The van der Waals surface area contributed by atoms with Crippen molar-refractivity contribution in [1.29, 1.82) is 0 Å². The van der Waals surface area contributed by atoms with Crippen LogP contribution in [0.1, 0.15) is 24.5 Å². The van der Waals surface area contributed by atoms with Crippen LogP contribution < -0.4 is 11.1 Å². The number of aryl methyl sites for hydroxylation is 1. The molecule has 1 saturated carbocycles. The average Bonchev–Trinajstić information content (AvgIpc) is 2.83. The standard InChI is InChI=1S/C11H18N6O/c1-7-14-9(16-15-7)4-13-10(18)17-5-8-2-3-11(8,12)6-17/h8H,2-6,12H2,1H3,(H,13,18)(H,14,15,16)/t8-,11-/m0/s1. The predicted octanol–water partition coefficient (Wildman–Crippen LogP) is -0.254. The zero-order chi connectivity index (χ0) is 12.8. The summed E-state index contributed by atoms with van der Waals surface area (Å²) < 4.78 is 0. The molecule has 1 aromatic rings. The highest BCUT2D eigenvalue weighted by molar-refractivity contribution is 5.74. The Morgan fingerprint density at radius 1 is 1.72 bits per heavy atom. The maximum Gasteiger partial charge on any atom is 0.317 e. The van der Waals surface area contributed by atoms with Crippen LogP contribution in [-0.2, 0) is 6.54 Å². The molecule has 0 aromatic carbocycles. The molecule has 0 bridgehead atoms. The van der Waals surface area contributed by atoms with Gasteiger partial charge in [0, 0.05) is 18.6 Å². The van der Waals surface area contributed by atoms with Gasteiger partial charge in [0.25, 0.3) is 0 Å². The third-order valence-corrected chi connectivity index (χ3v) is 4.03. The Bertz CT molecular complexity index is 472. The molecule has 2 aliphatic rings. The van der Waals surface area contributed by atoms with Crippen LogP contribution in [0, 0.1) is 12.8 Å². The molecule has 1 aliphatic heterocycles. The van der Waals surface area contributed by atoms with Gasteiger partial charge in [-0.15, -0.1) is 0 Å². The molecule has 7 heteroatoms. The van der Waals surface area contributed by atoms with Crippen molar-refractivity contribution in [2.24, 2.45) is 11.7 Å². The number of nitrogens with zero attached hydrogens (tertiary/aromatic N) is 3. The maximum atomic E-state index is 12.0. The molecule has 2 atom stereocenters. The van der Waals surface area contributed by atoms with Gasteiger partial charge in [-0.3, -0.25) is 5.10 Å². The number of aromatic amines is 1. The minimum atomic E-state index is -0.126. The number of likely N-dealkylation sites (tertiary alicyclic amines) is 1. The zero-order valence-corrected chi connectivity index (χ0v) is 10.4. The number of fused-ring (bicyclic) bond motifs is 1. The highest BCUT2D eigenvalue weighted by atomic mass is 16.2. The van der Waals surface area contributed by atoms with E-state index in [1.807, 2.05) is 6.92 Å². The number of carbonyl (C=O) groups is 1. The lowest BCUT2D eigenvalue weighted by atomic mass is 9.70. The maximum absolute atomic E-state index is 12.0. The molecule has 0 spiro atoms. The lowest BCUT2D eigenvalue weighted by molar-refractivity contribution is 0.187. The molecule has 18 heavy (non-hydrogen) atoms. The minimum absolute atomic E-state index is 0.0725. The second kappa shape index (κ2) is 3.94. The fourth-order valence-electron chi connectivity index (χ4n) is 2.78. The Balaban J connectivity index is 1.53. The summed E-state index contributed by atoms with van der Waals surface area (Å²) in [5, 5.41) is 9.55. The van der Waals surface area contributed by atoms with Crippen LogP contribution in [0.25, 0.3) is 0 Å². The molecule has 2 heterocycles. The number of urea groups is 1. The number of hydrogen-bond acceptors (Lipinski definition) is 4. The summed E-state index contributed by atoms with van der Waals surface area (Å²) >= 11 is 0. The third-order valence-electron chi connectivity index (χ3n) is 4.03. The molecular weight excluding hydrogens is 232 g/mol. The van der Waals surface area contributed by atoms with E-state index in [1.54, 1.807) is 4.90 Å². The lowest BCUT2D eigenvalue weighted by Gasteiger charge is -2.39. The number of nitrogens with one attached hydrogen (secondary N) is 2. The molecule has 4 N–H and O–H groups in total. The van der Waals surface area contributed by atoms with E-state index in [9.17, 15) is 4.79 Å². The monoisotopic (exact) mass is 250 g/mol. The number of hydrogen-bond donors (Lipinski definition) is 3. The van der Waals surface area contributed by atoms with E-state index in [0.29, 0.717) is 24.8 Å². The van der Waals surface area contributed by atoms with E-state index >= 15 is 0 Å². The first-order valence-corrected chi connectivity index (χ1v) is 6.26. The highest BCUT2D eigenvalue weighted by Crippen LogP contribution is 2.42. The van der Waals surface area contributed by atoms with Crippen molar-refractivity contribution >= 4 is 6.03 Å². The predicted molar refractivity (Wildman–Crippen MR) is 64.6 cm³/mol. The van der Waals surface area contributed by atoms with Crippen molar-refractivity contribution in [2.45, 2.75) is 31.8 Å². The van der Waals surface area contributed by atoms with Gasteiger partial charge in [0.15, 0.2) is 5.82 Å². The number of amides is 2. The van der Waals surface area contributed by atoms with Crippen molar-refractivity contribution in [3.8, 4) is 0 Å². The first-order valence-electron chi connectivity index (χ1n) is 6.26. The fourth-order valence-corrected chi connectivity index (χ4v) is 2.78. The molecular formula is C11H18N6O. The summed E-state index contributed by atoms with van der Waals surface area (Å²) in [5.74, 6) is 1.83.